The number of aliphatic hydroxyl groups excluding tert-OH is 1. The Morgan fingerprint density at radius 3 is 2.78 bits per heavy atom. The molecular weight excluding hydrogens is 296 g/mol. The lowest BCUT2D eigenvalue weighted by Crippen LogP contribution is -2.48. The van der Waals surface area contributed by atoms with Gasteiger partial charge in [-0.1, -0.05) is 12.1 Å². The van der Waals surface area contributed by atoms with Crippen LogP contribution in [0.2, 0.25) is 0 Å². The summed E-state index contributed by atoms with van der Waals surface area (Å²) in [6, 6.07) is 7.60. The number of amides is 1. The van der Waals surface area contributed by atoms with Gasteiger partial charge in [-0.3, -0.25) is 4.79 Å². The van der Waals surface area contributed by atoms with Crippen LogP contribution in [0.3, 0.4) is 0 Å². The molecule has 23 heavy (non-hydrogen) atoms. The second-order valence-electron chi connectivity index (χ2n) is 5.93. The highest BCUT2D eigenvalue weighted by molar-refractivity contribution is 5.79. The van der Waals surface area contributed by atoms with Gasteiger partial charge in [-0.25, -0.2) is 0 Å². The molecular formula is C17H26N2O4. The molecule has 1 saturated heterocycles. The van der Waals surface area contributed by atoms with Crippen molar-refractivity contribution in [3.8, 4) is 5.75 Å². The van der Waals surface area contributed by atoms with E-state index in [2.05, 4.69) is 10.2 Å². The third-order valence-electron chi connectivity index (χ3n) is 4.06. The number of nitrogens with zero attached hydrogens (tertiary/aromatic N) is 1. The summed E-state index contributed by atoms with van der Waals surface area (Å²) in [5, 5.41) is 12.9. The number of piperidine rings is 1. The minimum atomic E-state index is -0.553. The van der Waals surface area contributed by atoms with E-state index in [1.54, 1.807) is 7.11 Å². The van der Waals surface area contributed by atoms with Gasteiger partial charge < -0.3 is 24.8 Å². The predicted molar refractivity (Wildman–Crippen MR) is 87.3 cm³/mol. The SMILES string of the molecule is COCCOc1ccc(CNC(=O)[C@@H]2CN(C)CC[C@H]2O)cc1. The molecule has 1 aromatic carbocycles. The number of carbonyl (C=O) groups excluding carboxylic acids is 1. The van der Waals surface area contributed by atoms with Gasteiger partial charge in [0.2, 0.25) is 5.91 Å². The van der Waals surface area contributed by atoms with E-state index in [1.807, 2.05) is 31.3 Å². The number of nitrogens with one attached hydrogen (secondary N) is 1. The van der Waals surface area contributed by atoms with Crippen molar-refractivity contribution in [2.24, 2.45) is 5.92 Å². The van der Waals surface area contributed by atoms with Crippen molar-refractivity contribution in [2.75, 3.05) is 40.5 Å². The second-order valence-corrected chi connectivity index (χ2v) is 5.93. The molecule has 6 heteroatoms. The summed E-state index contributed by atoms with van der Waals surface area (Å²) in [4.78, 5) is 14.3. The number of likely N-dealkylation sites (tertiary alicyclic amines) is 1. The Hall–Kier alpha value is -1.63. The fourth-order valence-electron chi connectivity index (χ4n) is 2.63. The molecule has 0 radical (unpaired) electrons. The van der Waals surface area contributed by atoms with Crippen LogP contribution in [0.1, 0.15) is 12.0 Å². The van der Waals surface area contributed by atoms with Crippen LogP contribution in [0.25, 0.3) is 0 Å². The van der Waals surface area contributed by atoms with E-state index < -0.39 is 6.10 Å². The largest absolute Gasteiger partial charge is 0.491 e. The van der Waals surface area contributed by atoms with Crippen molar-refractivity contribution < 1.29 is 19.4 Å². The van der Waals surface area contributed by atoms with E-state index in [4.69, 9.17) is 9.47 Å². The summed E-state index contributed by atoms with van der Waals surface area (Å²) in [5.41, 5.74) is 0.996. The molecule has 1 amide bonds. The number of hydrogen-bond acceptors (Lipinski definition) is 5. The molecule has 1 aliphatic heterocycles. The van der Waals surface area contributed by atoms with Crippen LogP contribution in [-0.2, 0) is 16.1 Å². The number of benzene rings is 1. The van der Waals surface area contributed by atoms with Crippen LogP contribution in [0.4, 0.5) is 0 Å². The standard InChI is InChI=1S/C17H26N2O4/c1-19-8-7-16(20)15(12-19)17(21)18-11-13-3-5-14(6-4-13)23-10-9-22-2/h3-6,15-16,20H,7-12H2,1-2H3,(H,18,21)/t15-,16-/m1/s1. The van der Waals surface area contributed by atoms with Crippen molar-refractivity contribution in [3.63, 3.8) is 0 Å². The molecule has 2 rings (SSSR count). The molecule has 2 atom stereocenters. The van der Waals surface area contributed by atoms with Gasteiger partial charge in [0.1, 0.15) is 12.4 Å². The maximum absolute atomic E-state index is 12.2. The van der Waals surface area contributed by atoms with Gasteiger partial charge >= 0.3 is 0 Å². The van der Waals surface area contributed by atoms with Crippen molar-refractivity contribution in [2.45, 2.75) is 19.1 Å². The topological polar surface area (TPSA) is 71.0 Å². The van der Waals surface area contributed by atoms with E-state index in [0.717, 1.165) is 17.9 Å². The number of ether oxygens (including phenoxy) is 2. The van der Waals surface area contributed by atoms with Gasteiger partial charge in [0, 0.05) is 26.7 Å². The lowest BCUT2D eigenvalue weighted by atomic mass is 9.94. The highest BCUT2D eigenvalue weighted by Crippen LogP contribution is 2.17. The number of aliphatic hydroxyl groups is 1. The number of hydrogen-bond donors (Lipinski definition) is 2. The fourth-order valence-corrected chi connectivity index (χ4v) is 2.63. The van der Waals surface area contributed by atoms with Gasteiger partial charge in [0.25, 0.3) is 0 Å². The first-order valence-electron chi connectivity index (χ1n) is 7.95. The number of carbonyl (C=O) groups is 1. The lowest BCUT2D eigenvalue weighted by molar-refractivity contribution is -0.131. The molecule has 6 nitrogen and oxygen atoms in total. The molecule has 0 aliphatic carbocycles. The zero-order chi connectivity index (χ0) is 16.7. The van der Waals surface area contributed by atoms with E-state index >= 15 is 0 Å². The normalized spacial score (nSPS) is 21.9. The zero-order valence-electron chi connectivity index (χ0n) is 13.8. The van der Waals surface area contributed by atoms with Crippen molar-refractivity contribution in [1.29, 1.82) is 0 Å². The first kappa shape index (κ1) is 17.7. The van der Waals surface area contributed by atoms with E-state index in [-0.39, 0.29) is 11.8 Å². The van der Waals surface area contributed by atoms with Crippen LogP contribution >= 0.6 is 0 Å². The van der Waals surface area contributed by atoms with Crippen LogP contribution < -0.4 is 10.1 Å². The Bertz CT molecular complexity index is 492. The van der Waals surface area contributed by atoms with E-state index in [1.165, 1.54) is 0 Å². The van der Waals surface area contributed by atoms with Gasteiger partial charge in [-0.05, 0) is 31.2 Å². The van der Waals surface area contributed by atoms with E-state index in [0.29, 0.717) is 32.7 Å². The second kappa shape index (κ2) is 8.86. The lowest BCUT2D eigenvalue weighted by Gasteiger charge is -2.32. The number of methoxy groups -OCH3 is 1. The first-order chi connectivity index (χ1) is 11.1. The van der Waals surface area contributed by atoms with Gasteiger partial charge in [-0.15, -0.1) is 0 Å². The highest BCUT2D eigenvalue weighted by atomic mass is 16.5. The fraction of sp³-hybridized carbons (Fsp3) is 0.588. The molecule has 0 bridgehead atoms. The molecule has 1 heterocycles. The van der Waals surface area contributed by atoms with Crippen LogP contribution in [0.5, 0.6) is 5.75 Å². The Kier molecular flexibility index (Phi) is 6.83. The Morgan fingerprint density at radius 1 is 1.35 bits per heavy atom. The Labute approximate surface area is 137 Å². The summed E-state index contributed by atoms with van der Waals surface area (Å²) in [6.45, 7) is 2.94. The molecule has 0 saturated carbocycles. The maximum Gasteiger partial charge on any atom is 0.227 e. The van der Waals surface area contributed by atoms with Crippen LogP contribution in [-0.4, -0.2) is 62.5 Å². The average molecular weight is 322 g/mol. The summed E-state index contributed by atoms with van der Waals surface area (Å²) >= 11 is 0. The first-order valence-corrected chi connectivity index (χ1v) is 7.95. The molecule has 0 spiro atoms. The van der Waals surface area contributed by atoms with Crippen molar-refractivity contribution >= 4 is 5.91 Å². The molecule has 1 fully saturated rings. The van der Waals surface area contributed by atoms with Gasteiger partial charge in [0.05, 0.1) is 18.6 Å². The molecule has 1 aliphatic rings. The zero-order valence-corrected chi connectivity index (χ0v) is 13.8. The monoisotopic (exact) mass is 322 g/mol. The summed E-state index contributed by atoms with van der Waals surface area (Å²) in [5.74, 6) is 0.330. The smallest absolute Gasteiger partial charge is 0.227 e. The van der Waals surface area contributed by atoms with Crippen molar-refractivity contribution in [3.05, 3.63) is 29.8 Å². The summed E-state index contributed by atoms with van der Waals surface area (Å²) < 4.78 is 10.4. The predicted octanol–water partition coefficient (Wildman–Crippen LogP) is 0.641. The van der Waals surface area contributed by atoms with E-state index in [9.17, 15) is 9.90 Å². The van der Waals surface area contributed by atoms with Gasteiger partial charge in [-0.2, -0.15) is 0 Å². The quantitative estimate of drug-likeness (QED) is 0.721. The van der Waals surface area contributed by atoms with Crippen LogP contribution in [0, 0.1) is 5.92 Å². The van der Waals surface area contributed by atoms with Gasteiger partial charge in [0.15, 0.2) is 0 Å². The van der Waals surface area contributed by atoms with Crippen LogP contribution in [0.15, 0.2) is 24.3 Å². The molecule has 2 N–H and O–H groups in total. The van der Waals surface area contributed by atoms with Crippen molar-refractivity contribution in [1.82, 2.24) is 10.2 Å². The maximum atomic E-state index is 12.2. The molecule has 128 valence electrons. The average Bonchev–Trinajstić information content (AvgIpc) is 2.56. The molecule has 1 aromatic rings. The third kappa shape index (κ3) is 5.49. The highest BCUT2D eigenvalue weighted by Gasteiger charge is 2.31. The third-order valence-corrected chi connectivity index (χ3v) is 4.06. The number of rotatable bonds is 7. The Balaban J connectivity index is 1.79. The summed E-state index contributed by atoms with van der Waals surface area (Å²) in [6.07, 6.45) is 0.0880. The Morgan fingerprint density at radius 2 is 2.09 bits per heavy atom. The minimum absolute atomic E-state index is 0.0931. The summed E-state index contributed by atoms with van der Waals surface area (Å²) in [7, 11) is 3.60. The molecule has 0 aromatic heterocycles. The minimum Gasteiger partial charge on any atom is -0.491 e. The molecule has 0 unspecified atom stereocenters.